The molecule has 1 N–H and O–H groups in total. The highest BCUT2D eigenvalue weighted by Gasteiger charge is 2.63. The topological polar surface area (TPSA) is 46.5 Å². The van der Waals surface area contributed by atoms with Crippen molar-refractivity contribution in [2.45, 2.75) is 84.7 Å². The maximum Gasteiger partial charge on any atom is 0.309 e. The van der Waals surface area contributed by atoms with Gasteiger partial charge in [0, 0.05) is 7.11 Å². The molecule has 0 bridgehead atoms. The number of fused-ring (bicyclic) bond motifs is 3. The van der Waals surface area contributed by atoms with E-state index in [2.05, 4.69) is 20.8 Å². The molecule has 3 nitrogen and oxygen atoms in total. The third kappa shape index (κ3) is 2.45. The summed E-state index contributed by atoms with van der Waals surface area (Å²) in [5.41, 5.74) is -0.460. The van der Waals surface area contributed by atoms with Crippen LogP contribution in [-0.4, -0.2) is 23.8 Å². The first-order valence-corrected chi connectivity index (χ1v) is 9.98. The molecule has 0 aliphatic heterocycles. The predicted octanol–water partition coefficient (Wildman–Crippen LogP) is 5.14. The Balaban J connectivity index is 1.96. The number of carbonyl (C=O) groups is 1. The molecule has 138 valence electrons. The molecule has 3 rings (SSSR count). The zero-order chi connectivity index (χ0) is 17.8. The lowest BCUT2D eigenvalue weighted by Crippen LogP contribution is -2.62. The van der Waals surface area contributed by atoms with Gasteiger partial charge in [0.1, 0.15) is 0 Å². The Labute approximate surface area is 147 Å². The number of carboxylic acid groups (broad SMARTS) is 1. The first kappa shape index (κ1) is 18.2. The van der Waals surface area contributed by atoms with E-state index < -0.39 is 11.4 Å². The normalized spacial score (nSPS) is 48.7. The van der Waals surface area contributed by atoms with E-state index in [1.165, 1.54) is 19.3 Å². The van der Waals surface area contributed by atoms with Crippen molar-refractivity contribution in [2.24, 2.45) is 34.5 Å². The average Bonchev–Trinajstić information content (AvgIpc) is 2.53. The van der Waals surface area contributed by atoms with Crippen LogP contribution >= 0.6 is 0 Å². The van der Waals surface area contributed by atoms with Gasteiger partial charge in [-0.2, -0.15) is 0 Å². The Hall–Kier alpha value is -0.570. The van der Waals surface area contributed by atoms with Gasteiger partial charge in [-0.05, 0) is 81.0 Å². The second kappa shape index (κ2) is 6.00. The van der Waals surface area contributed by atoms with Gasteiger partial charge in [0.25, 0.3) is 0 Å². The van der Waals surface area contributed by atoms with Crippen molar-refractivity contribution in [3.8, 4) is 0 Å². The molecule has 3 aliphatic rings. The van der Waals surface area contributed by atoms with Gasteiger partial charge in [-0.15, -0.1) is 0 Å². The maximum absolute atomic E-state index is 12.1. The van der Waals surface area contributed by atoms with Crippen LogP contribution in [0.4, 0.5) is 0 Å². The van der Waals surface area contributed by atoms with Gasteiger partial charge in [0.2, 0.25) is 0 Å². The second-order valence-electron chi connectivity index (χ2n) is 9.78. The van der Waals surface area contributed by atoms with Crippen molar-refractivity contribution < 1.29 is 14.6 Å². The number of methoxy groups -OCH3 is 1. The molecule has 3 heteroatoms. The van der Waals surface area contributed by atoms with Crippen LogP contribution in [0.1, 0.15) is 79.1 Å². The molecular weight excluding hydrogens is 300 g/mol. The molecule has 0 aromatic heterocycles. The summed E-state index contributed by atoms with van der Waals surface area (Å²) in [5.74, 6) is 1.68. The highest BCUT2D eigenvalue weighted by molar-refractivity contribution is 5.75. The van der Waals surface area contributed by atoms with E-state index >= 15 is 0 Å². The van der Waals surface area contributed by atoms with Crippen molar-refractivity contribution in [2.75, 3.05) is 7.11 Å². The molecule has 0 aromatic carbocycles. The number of hydrogen-bond donors (Lipinski definition) is 1. The maximum atomic E-state index is 12.1. The lowest BCUT2D eigenvalue weighted by atomic mass is 9.42. The lowest BCUT2D eigenvalue weighted by molar-refractivity contribution is -0.219. The highest BCUT2D eigenvalue weighted by Crippen LogP contribution is 2.66. The predicted molar refractivity (Wildman–Crippen MR) is 95.8 cm³/mol. The van der Waals surface area contributed by atoms with Crippen LogP contribution in [0.15, 0.2) is 0 Å². The summed E-state index contributed by atoms with van der Waals surface area (Å²) < 4.78 is 6.26. The first-order chi connectivity index (χ1) is 11.2. The minimum Gasteiger partial charge on any atom is -0.481 e. The summed E-state index contributed by atoms with van der Waals surface area (Å²) in [4.78, 5) is 12.1. The lowest BCUT2D eigenvalue weighted by Gasteiger charge is -2.64. The monoisotopic (exact) mass is 336 g/mol. The zero-order valence-corrected chi connectivity index (χ0v) is 16.2. The standard InChI is InChI=1S/C21H36O3/c1-14(2)15-7-8-17-19(3)10-6-11-20(4,18(22)23)16(19)9-12-21(17,13-15)24-5/h14-17H,6-13H2,1-5H3,(H,22,23). The van der Waals surface area contributed by atoms with Crippen LogP contribution in [0.5, 0.6) is 0 Å². The number of rotatable bonds is 3. The van der Waals surface area contributed by atoms with Crippen molar-refractivity contribution in [3.63, 3.8) is 0 Å². The van der Waals surface area contributed by atoms with Gasteiger partial charge in [-0.3, -0.25) is 4.79 Å². The molecule has 0 radical (unpaired) electrons. The second-order valence-corrected chi connectivity index (χ2v) is 9.78. The zero-order valence-electron chi connectivity index (χ0n) is 16.2. The van der Waals surface area contributed by atoms with E-state index in [4.69, 9.17) is 4.74 Å². The van der Waals surface area contributed by atoms with Crippen LogP contribution < -0.4 is 0 Å². The van der Waals surface area contributed by atoms with E-state index in [1.807, 2.05) is 14.0 Å². The van der Waals surface area contributed by atoms with Crippen LogP contribution in [0.25, 0.3) is 0 Å². The minimum absolute atomic E-state index is 0.0187. The fourth-order valence-electron chi connectivity index (χ4n) is 7.06. The number of hydrogen-bond acceptors (Lipinski definition) is 2. The van der Waals surface area contributed by atoms with Gasteiger partial charge in [-0.25, -0.2) is 0 Å². The summed E-state index contributed by atoms with van der Waals surface area (Å²) in [6.07, 6.45) is 8.75. The van der Waals surface area contributed by atoms with Crippen LogP contribution in [0.3, 0.4) is 0 Å². The number of carboxylic acids is 1. The third-order valence-corrected chi connectivity index (χ3v) is 8.54. The smallest absolute Gasteiger partial charge is 0.309 e. The quantitative estimate of drug-likeness (QED) is 0.776. The molecular formula is C21H36O3. The molecule has 0 spiro atoms. The Morgan fingerprint density at radius 1 is 1.08 bits per heavy atom. The summed E-state index contributed by atoms with van der Waals surface area (Å²) in [6.45, 7) is 9.08. The van der Waals surface area contributed by atoms with E-state index in [0.717, 1.165) is 38.0 Å². The van der Waals surface area contributed by atoms with Crippen molar-refractivity contribution in [3.05, 3.63) is 0 Å². The van der Waals surface area contributed by atoms with E-state index in [-0.39, 0.29) is 11.0 Å². The molecule has 3 aliphatic carbocycles. The Morgan fingerprint density at radius 3 is 2.38 bits per heavy atom. The molecule has 3 saturated carbocycles. The fraction of sp³-hybridized carbons (Fsp3) is 0.952. The summed E-state index contributed by atoms with van der Waals surface area (Å²) in [6, 6.07) is 0. The Morgan fingerprint density at radius 2 is 1.79 bits per heavy atom. The summed E-state index contributed by atoms with van der Waals surface area (Å²) >= 11 is 0. The molecule has 6 unspecified atom stereocenters. The van der Waals surface area contributed by atoms with Gasteiger partial charge < -0.3 is 9.84 Å². The third-order valence-electron chi connectivity index (χ3n) is 8.54. The highest BCUT2D eigenvalue weighted by atomic mass is 16.5. The number of aliphatic carboxylic acids is 1. The Kier molecular flexibility index (Phi) is 4.56. The molecule has 6 atom stereocenters. The first-order valence-electron chi connectivity index (χ1n) is 9.98. The molecule has 0 amide bonds. The minimum atomic E-state index is -0.584. The van der Waals surface area contributed by atoms with Crippen molar-refractivity contribution >= 4 is 5.97 Å². The molecule has 24 heavy (non-hydrogen) atoms. The van der Waals surface area contributed by atoms with Gasteiger partial charge in [0.15, 0.2) is 0 Å². The molecule has 0 heterocycles. The van der Waals surface area contributed by atoms with Crippen LogP contribution in [0.2, 0.25) is 0 Å². The van der Waals surface area contributed by atoms with Gasteiger partial charge in [0.05, 0.1) is 11.0 Å². The molecule has 0 saturated heterocycles. The van der Waals surface area contributed by atoms with E-state index in [0.29, 0.717) is 17.8 Å². The SMILES string of the molecule is COC12CCC3C(C)(C(=O)O)CCCC3(C)C1CCC(C(C)C)C2. The average molecular weight is 337 g/mol. The number of ether oxygens (including phenoxy) is 1. The summed E-state index contributed by atoms with van der Waals surface area (Å²) in [5, 5.41) is 9.95. The largest absolute Gasteiger partial charge is 0.481 e. The van der Waals surface area contributed by atoms with Crippen LogP contribution in [0, 0.1) is 34.5 Å². The van der Waals surface area contributed by atoms with Crippen molar-refractivity contribution in [1.82, 2.24) is 0 Å². The molecule has 0 aromatic rings. The Bertz CT molecular complexity index is 501. The van der Waals surface area contributed by atoms with E-state index in [1.54, 1.807) is 0 Å². The fourth-order valence-corrected chi connectivity index (χ4v) is 7.06. The van der Waals surface area contributed by atoms with Crippen molar-refractivity contribution in [1.29, 1.82) is 0 Å². The molecule has 3 fully saturated rings. The van der Waals surface area contributed by atoms with E-state index in [9.17, 15) is 9.90 Å². The summed E-state index contributed by atoms with van der Waals surface area (Å²) in [7, 11) is 1.90. The van der Waals surface area contributed by atoms with Gasteiger partial charge >= 0.3 is 5.97 Å². The van der Waals surface area contributed by atoms with Gasteiger partial charge in [-0.1, -0.05) is 27.2 Å². The van der Waals surface area contributed by atoms with Crippen LogP contribution in [-0.2, 0) is 9.53 Å².